The maximum atomic E-state index is 11.1. The molecule has 1 aliphatic rings. The van der Waals surface area contributed by atoms with Gasteiger partial charge in [0.25, 0.3) is 5.69 Å². The molecule has 6 heteroatoms. The zero-order chi connectivity index (χ0) is 13.8. The fraction of sp³-hybridized carbons (Fsp3) is 0.538. The van der Waals surface area contributed by atoms with Crippen LogP contribution in [0.4, 0.5) is 5.69 Å². The molecule has 0 aliphatic carbocycles. The molecular formula is C13H17NO4S. The molecule has 19 heavy (non-hydrogen) atoms. The molecule has 1 fully saturated rings. The van der Waals surface area contributed by atoms with Crippen LogP contribution in [0.2, 0.25) is 0 Å². The van der Waals surface area contributed by atoms with Gasteiger partial charge in [-0.3, -0.25) is 10.1 Å². The number of nitrogens with zero attached hydrogens (tertiary/aromatic N) is 1. The summed E-state index contributed by atoms with van der Waals surface area (Å²) in [5.74, 6) is 0.731. The monoisotopic (exact) mass is 283 g/mol. The summed E-state index contributed by atoms with van der Waals surface area (Å²) in [6, 6.07) is 4.89. The molecule has 0 amide bonds. The van der Waals surface area contributed by atoms with E-state index in [0.29, 0.717) is 10.5 Å². The lowest BCUT2D eigenvalue weighted by Gasteiger charge is -2.10. The summed E-state index contributed by atoms with van der Waals surface area (Å²) in [4.78, 5) is 11.3. The molecule has 0 saturated carbocycles. The Morgan fingerprint density at radius 2 is 2.42 bits per heavy atom. The third-order valence-electron chi connectivity index (χ3n) is 3.11. The first-order valence-electron chi connectivity index (χ1n) is 6.28. The standard InChI is InChI=1S/C13H17NO4S/c1-9(15)10-4-5-13(12(7-10)14(16)17)19-8-11-3-2-6-18-11/h4-5,7,9,11,15H,2-3,6,8H2,1H3/t9-,11?/m0/s1. The largest absolute Gasteiger partial charge is 0.389 e. The molecule has 0 spiro atoms. The van der Waals surface area contributed by atoms with Gasteiger partial charge >= 0.3 is 0 Å². The summed E-state index contributed by atoms with van der Waals surface area (Å²) in [5.41, 5.74) is 0.620. The second-order valence-electron chi connectivity index (χ2n) is 4.61. The van der Waals surface area contributed by atoms with E-state index < -0.39 is 11.0 Å². The first-order valence-corrected chi connectivity index (χ1v) is 7.27. The third kappa shape index (κ3) is 3.68. The topological polar surface area (TPSA) is 72.6 Å². The Balaban J connectivity index is 2.11. The molecule has 2 rings (SSSR count). The van der Waals surface area contributed by atoms with E-state index in [0.717, 1.165) is 25.2 Å². The van der Waals surface area contributed by atoms with E-state index in [9.17, 15) is 15.2 Å². The summed E-state index contributed by atoms with van der Waals surface area (Å²) in [7, 11) is 0. The molecule has 1 saturated heterocycles. The van der Waals surface area contributed by atoms with Crippen molar-refractivity contribution in [3.63, 3.8) is 0 Å². The van der Waals surface area contributed by atoms with E-state index in [-0.39, 0.29) is 11.8 Å². The maximum absolute atomic E-state index is 11.1. The molecule has 0 aromatic heterocycles. The van der Waals surface area contributed by atoms with E-state index in [1.54, 1.807) is 19.1 Å². The van der Waals surface area contributed by atoms with E-state index in [1.165, 1.54) is 17.8 Å². The second kappa shape index (κ2) is 6.36. The molecule has 1 heterocycles. The molecule has 0 radical (unpaired) electrons. The molecule has 5 nitrogen and oxygen atoms in total. The van der Waals surface area contributed by atoms with Gasteiger partial charge in [-0.05, 0) is 31.4 Å². The zero-order valence-corrected chi connectivity index (χ0v) is 11.6. The fourth-order valence-corrected chi connectivity index (χ4v) is 3.09. The van der Waals surface area contributed by atoms with Crippen LogP contribution in [0.25, 0.3) is 0 Å². The third-order valence-corrected chi connectivity index (χ3v) is 4.31. The van der Waals surface area contributed by atoms with Crippen molar-refractivity contribution in [3.05, 3.63) is 33.9 Å². The highest BCUT2D eigenvalue weighted by molar-refractivity contribution is 7.99. The zero-order valence-electron chi connectivity index (χ0n) is 10.7. The van der Waals surface area contributed by atoms with Crippen LogP contribution < -0.4 is 0 Å². The van der Waals surface area contributed by atoms with Crippen LogP contribution in [0.1, 0.15) is 31.4 Å². The highest BCUT2D eigenvalue weighted by Crippen LogP contribution is 2.33. The van der Waals surface area contributed by atoms with Gasteiger partial charge < -0.3 is 9.84 Å². The molecular weight excluding hydrogens is 266 g/mol. The number of aliphatic hydroxyl groups is 1. The number of hydrogen-bond acceptors (Lipinski definition) is 5. The minimum atomic E-state index is -0.698. The lowest BCUT2D eigenvalue weighted by Crippen LogP contribution is -2.08. The molecule has 2 atom stereocenters. The van der Waals surface area contributed by atoms with Gasteiger partial charge in [0.2, 0.25) is 0 Å². The van der Waals surface area contributed by atoms with Gasteiger partial charge in [0.05, 0.1) is 22.0 Å². The maximum Gasteiger partial charge on any atom is 0.283 e. The highest BCUT2D eigenvalue weighted by Gasteiger charge is 2.20. The van der Waals surface area contributed by atoms with Crippen molar-refractivity contribution in [2.24, 2.45) is 0 Å². The van der Waals surface area contributed by atoms with Crippen molar-refractivity contribution in [2.45, 2.75) is 36.9 Å². The van der Waals surface area contributed by atoms with Crippen molar-refractivity contribution in [3.8, 4) is 0 Å². The van der Waals surface area contributed by atoms with Crippen LogP contribution >= 0.6 is 11.8 Å². The van der Waals surface area contributed by atoms with Gasteiger partial charge in [0.1, 0.15) is 0 Å². The normalized spacial score (nSPS) is 20.4. The van der Waals surface area contributed by atoms with Gasteiger partial charge in [-0.15, -0.1) is 11.8 Å². The molecule has 104 valence electrons. The average Bonchev–Trinajstić information content (AvgIpc) is 2.89. The summed E-state index contributed by atoms with van der Waals surface area (Å²) in [6.45, 7) is 2.38. The SMILES string of the molecule is C[C@H](O)c1ccc(SCC2CCCO2)c([N+](=O)[O-])c1. The summed E-state index contributed by atoms with van der Waals surface area (Å²) in [6.07, 6.45) is 1.58. The number of nitro benzene ring substituents is 1. The number of thioether (sulfide) groups is 1. The van der Waals surface area contributed by atoms with Gasteiger partial charge in [-0.2, -0.15) is 0 Å². The van der Waals surface area contributed by atoms with Gasteiger partial charge in [0, 0.05) is 18.4 Å². The van der Waals surface area contributed by atoms with Gasteiger partial charge in [-0.1, -0.05) is 6.07 Å². The lowest BCUT2D eigenvalue weighted by molar-refractivity contribution is -0.387. The number of aliphatic hydroxyl groups excluding tert-OH is 1. The highest BCUT2D eigenvalue weighted by atomic mass is 32.2. The predicted molar refractivity (Wildman–Crippen MR) is 73.4 cm³/mol. The second-order valence-corrected chi connectivity index (χ2v) is 5.67. The predicted octanol–water partition coefficient (Wildman–Crippen LogP) is 2.92. The van der Waals surface area contributed by atoms with Crippen LogP contribution in [-0.2, 0) is 4.74 Å². The summed E-state index contributed by atoms with van der Waals surface area (Å²) >= 11 is 1.44. The number of nitro groups is 1. The molecule has 1 aromatic rings. The average molecular weight is 283 g/mol. The van der Waals surface area contributed by atoms with E-state index in [2.05, 4.69) is 0 Å². The molecule has 1 N–H and O–H groups in total. The van der Waals surface area contributed by atoms with Crippen LogP contribution in [0.15, 0.2) is 23.1 Å². The Morgan fingerprint density at radius 1 is 1.63 bits per heavy atom. The number of rotatable bonds is 5. The Hall–Kier alpha value is -1.11. The quantitative estimate of drug-likeness (QED) is 0.511. The minimum absolute atomic E-state index is 0.0568. The van der Waals surface area contributed by atoms with Crippen molar-refractivity contribution in [1.82, 2.24) is 0 Å². The molecule has 1 unspecified atom stereocenters. The number of benzene rings is 1. The van der Waals surface area contributed by atoms with Crippen molar-refractivity contribution < 1.29 is 14.8 Å². The number of hydrogen-bond donors (Lipinski definition) is 1. The van der Waals surface area contributed by atoms with Crippen LogP contribution in [0.3, 0.4) is 0 Å². The van der Waals surface area contributed by atoms with Gasteiger partial charge in [0.15, 0.2) is 0 Å². The van der Waals surface area contributed by atoms with E-state index in [4.69, 9.17) is 4.74 Å². The van der Waals surface area contributed by atoms with E-state index in [1.807, 2.05) is 0 Å². The fourth-order valence-electron chi connectivity index (χ4n) is 2.02. The summed E-state index contributed by atoms with van der Waals surface area (Å²) < 4.78 is 5.51. The Labute approximate surface area is 116 Å². The minimum Gasteiger partial charge on any atom is -0.389 e. The lowest BCUT2D eigenvalue weighted by atomic mass is 10.1. The first kappa shape index (κ1) is 14.3. The van der Waals surface area contributed by atoms with Crippen LogP contribution in [-0.4, -0.2) is 28.5 Å². The van der Waals surface area contributed by atoms with Crippen LogP contribution in [0.5, 0.6) is 0 Å². The summed E-state index contributed by atoms with van der Waals surface area (Å²) in [5, 5.41) is 20.5. The van der Waals surface area contributed by atoms with Crippen molar-refractivity contribution in [2.75, 3.05) is 12.4 Å². The Morgan fingerprint density at radius 3 is 3.00 bits per heavy atom. The van der Waals surface area contributed by atoms with Crippen molar-refractivity contribution >= 4 is 17.4 Å². The molecule has 1 aromatic carbocycles. The van der Waals surface area contributed by atoms with Crippen molar-refractivity contribution in [1.29, 1.82) is 0 Å². The molecule has 0 bridgehead atoms. The number of ether oxygens (including phenoxy) is 1. The first-order chi connectivity index (χ1) is 9.08. The Bertz CT molecular complexity index is 458. The Kier molecular flexibility index (Phi) is 4.79. The molecule has 1 aliphatic heterocycles. The van der Waals surface area contributed by atoms with Gasteiger partial charge in [-0.25, -0.2) is 0 Å². The smallest absolute Gasteiger partial charge is 0.283 e. The van der Waals surface area contributed by atoms with Crippen LogP contribution in [0, 0.1) is 10.1 Å². The van der Waals surface area contributed by atoms with E-state index >= 15 is 0 Å².